The van der Waals surface area contributed by atoms with Gasteiger partial charge in [-0.2, -0.15) is 0 Å². The molecule has 0 bridgehead atoms. The van der Waals surface area contributed by atoms with Crippen molar-refractivity contribution in [1.29, 1.82) is 0 Å². The van der Waals surface area contributed by atoms with Crippen LogP contribution in [0.5, 0.6) is 0 Å². The van der Waals surface area contributed by atoms with Crippen molar-refractivity contribution in [2.75, 3.05) is 0 Å². The zero-order valence-electron chi connectivity index (χ0n) is 6.46. The van der Waals surface area contributed by atoms with Crippen molar-refractivity contribution in [2.45, 2.75) is 13.3 Å². The van der Waals surface area contributed by atoms with Crippen molar-refractivity contribution in [1.82, 2.24) is 9.97 Å². The van der Waals surface area contributed by atoms with Crippen LogP contribution in [0.2, 0.25) is 0 Å². The van der Waals surface area contributed by atoms with Crippen LogP contribution in [0.1, 0.15) is 12.5 Å². The maximum absolute atomic E-state index is 4.26. The molecule has 0 atom stereocenters. The highest BCUT2D eigenvalue weighted by molar-refractivity contribution is 5.75. The Morgan fingerprint density at radius 2 is 2.45 bits per heavy atom. The molecule has 1 N–H and O–H groups in total. The molecule has 0 unspecified atom stereocenters. The molecule has 0 saturated carbocycles. The van der Waals surface area contributed by atoms with E-state index in [2.05, 4.69) is 23.0 Å². The van der Waals surface area contributed by atoms with Gasteiger partial charge in [0, 0.05) is 17.8 Å². The normalized spacial score (nSPS) is 10.6. The number of nitrogens with one attached hydrogen (secondary N) is 1. The van der Waals surface area contributed by atoms with E-state index in [0.29, 0.717) is 0 Å². The lowest BCUT2D eigenvalue weighted by atomic mass is 10.2. The molecular weight excluding hydrogens is 136 g/mol. The molecule has 0 saturated heterocycles. The Kier molecular flexibility index (Phi) is 1.39. The van der Waals surface area contributed by atoms with E-state index < -0.39 is 0 Å². The van der Waals surface area contributed by atoms with Crippen LogP contribution in [-0.4, -0.2) is 9.97 Å². The van der Waals surface area contributed by atoms with Gasteiger partial charge in [0.25, 0.3) is 0 Å². The smallest absolute Gasteiger partial charge is 0.137 e. The predicted octanol–water partition coefficient (Wildman–Crippen LogP) is 2.13. The summed E-state index contributed by atoms with van der Waals surface area (Å²) in [5.41, 5.74) is 2.26. The Hall–Kier alpha value is -1.31. The van der Waals surface area contributed by atoms with Gasteiger partial charge in [-0.15, -0.1) is 0 Å². The maximum atomic E-state index is 4.26. The maximum Gasteiger partial charge on any atom is 0.137 e. The average molecular weight is 146 g/mol. The molecule has 0 aromatic carbocycles. The minimum absolute atomic E-state index is 0.974. The molecule has 0 amide bonds. The second-order valence-electron chi connectivity index (χ2n) is 2.61. The van der Waals surface area contributed by atoms with Gasteiger partial charge in [0.1, 0.15) is 5.65 Å². The highest BCUT2D eigenvalue weighted by Crippen LogP contribution is 2.10. The monoisotopic (exact) mass is 146 g/mol. The van der Waals surface area contributed by atoms with Crippen molar-refractivity contribution in [2.24, 2.45) is 0 Å². The number of aromatic nitrogens is 2. The first-order chi connectivity index (χ1) is 5.40. The molecule has 0 radical (unpaired) electrons. The third-order valence-electron chi connectivity index (χ3n) is 1.86. The van der Waals surface area contributed by atoms with Crippen molar-refractivity contribution >= 4 is 11.0 Å². The number of pyridine rings is 1. The van der Waals surface area contributed by atoms with Crippen LogP contribution in [0.3, 0.4) is 0 Å². The lowest BCUT2D eigenvalue weighted by Gasteiger charge is -1.93. The third kappa shape index (κ3) is 1.00. The number of aromatic amines is 1. The predicted molar refractivity (Wildman–Crippen MR) is 45.5 cm³/mol. The van der Waals surface area contributed by atoms with Gasteiger partial charge in [0.2, 0.25) is 0 Å². The number of hydrogen-bond donors (Lipinski definition) is 1. The largest absolute Gasteiger partial charge is 0.346 e. The summed E-state index contributed by atoms with van der Waals surface area (Å²) in [6.07, 6.45) is 4.88. The molecule has 0 aliphatic heterocycles. The molecule has 2 heterocycles. The zero-order valence-corrected chi connectivity index (χ0v) is 6.46. The highest BCUT2D eigenvalue weighted by atomic mass is 14.8. The molecule has 2 heteroatoms. The molecule has 56 valence electrons. The molecular formula is C9H10N2. The van der Waals surface area contributed by atoms with E-state index in [1.165, 1.54) is 10.9 Å². The number of fused-ring (bicyclic) bond motifs is 1. The Bertz CT molecular complexity index is 362. The molecule has 0 aliphatic rings. The summed E-state index contributed by atoms with van der Waals surface area (Å²) in [7, 11) is 0. The summed E-state index contributed by atoms with van der Waals surface area (Å²) < 4.78 is 0. The number of rotatable bonds is 1. The number of hydrogen-bond acceptors (Lipinski definition) is 1. The third-order valence-corrected chi connectivity index (χ3v) is 1.86. The van der Waals surface area contributed by atoms with Gasteiger partial charge >= 0.3 is 0 Å². The standard InChI is InChI=1S/C9H10N2/c1-2-7-5-8-3-4-10-9(8)11-6-7/h3-6H,2H2,1H3,(H,10,11). The van der Waals surface area contributed by atoms with Crippen molar-refractivity contribution in [3.63, 3.8) is 0 Å². The summed E-state index contributed by atoms with van der Waals surface area (Å²) in [4.78, 5) is 7.32. The first kappa shape index (κ1) is 6.40. The van der Waals surface area contributed by atoms with E-state index in [4.69, 9.17) is 0 Å². The number of H-pyrrole nitrogens is 1. The lowest BCUT2D eigenvalue weighted by Crippen LogP contribution is -1.82. The van der Waals surface area contributed by atoms with Gasteiger partial charge in [-0.1, -0.05) is 6.92 Å². The lowest BCUT2D eigenvalue weighted by molar-refractivity contribution is 1.12. The fourth-order valence-electron chi connectivity index (χ4n) is 1.18. The molecule has 11 heavy (non-hydrogen) atoms. The average Bonchev–Trinajstić information content (AvgIpc) is 2.50. The van der Waals surface area contributed by atoms with Gasteiger partial charge in [0.15, 0.2) is 0 Å². The Morgan fingerprint density at radius 1 is 1.55 bits per heavy atom. The van der Waals surface area contributed by atoms with Crippen LogP contribution in [-0.2, 0) is 6.42 Å². The van der Waals surface area contributed by atoms with E-state index in [1.807, 2.05) is 18.5 Å². The fraction of sp³-hybridized carbons (Fsp3) is 0.222. The van der Waals surface area contributed by atoms with Crippen LogP contribution in [0.15, 0.2) is 24.5 Å². The van der Waals surface area contributed by atoms with Gasteiger partial charge in [-0.25, -0.2) is 4.98 Å². The summed E-state index contributed by atoms with van der Waals surface area (Å²) in [6.45, 7) is 2.13. The van der Waals surface area contributed by atoms with Crippen molar-refractivity contribution in [3.8, 4) is 0 Å². The molecule has 0 aliphatic carbocycles. The molecule has 2 rings (SSSR count). The molecule has 2 aromatic rings. The molecule has 0 spiro atoms. The van der Waals surface area contributed by atoms with Crippen LogP contribution >= 0.6 is 0 Å². The van der Waals surface area contributed by atoms with Gasteiger partial charge in [-0.3, -0.25) is 0 Å². The van der Waals surface area contributed by atoms with Crippen LogP contribution in [0, 0.1) is 0 Å². The Morgan fingerprint density at radius 3 is 3.27 bits per heavy atom. The summed E-state index contributed by atoms with van der Waals surface area (Å²) >= 11 is 0. The first-order valence-corrected chi connectivity index (χ1v) is 3.82. The molecule has 2 aromatic heterocycles. The topological polar surface area (TPSA) is 28.7 Å². The van der Waals surface area contributed by atoms with E-state index >= 15 is 0 Å². The minimum Gasteiger partial charge on any atom is -0.346 e. The Balaban J connectivity index is 2.67. The highest BCUT2D eigenvalue weighted by Gasteiger charge is 1.95. The minimum atomic E-state index is 0.974. The van der Waals surface area contributed by atoms with Crippen LogP contribution in [0.25, 0.3) is 11.0 Å². The second kappa shape index (κ2) is 2.38. The van der Waals surface area contributed by atoms with Gasteiger partial charge in [0.05, 0.1) is 0 Å². The summed E-state index contributed by atoms with van der Waals surface area (Å²) in [5.74, 6) is 0. The van der Waals surface area contributed by atoms with Crippen molar-refractivity contribution in [3.05, 3.63) is 30.1 Å². The van der Waals surface area contributed by atoms with Crippen molar-refractivity contribution < 1.29 is 0 Å². The molecule has 0 fully saturated rings. The fourth-order valence-corrected chi connectivity index (χ4v) is 1.18. The van der Waals surface area contributed by atoms with Crippen LogP contribution < -0.4 is 0 Å². The summed E-state index contributed by atoms with van der Waals surface area (Å²) in [5, 5.41) is 1.20. The van der Waals surface area contributed by atoms with Gasteiger partial charge in [-0.05, 0) is 24.1 Å². The van der Waals surface area contributed by atoms with E-state index in [9.17, 15) is 0 Å². The van der Waals surface area contributed by atoms with E-state index in [0.717, 1.165) is 12.1 Å². The Labute approximate surface area is 65.3 Å². The SMILES string of the molecule is CCc1cnc2[nH]ccc2c1. The quantitative estimate of drug-likeness (QED) is 0.656. The van der Waals surface area contributed by atoms with E-state index in [-0.39, 0.29) is 0 Å². The molecule has 2 nitrogen and oxygen atoms in total. The zero-order chi connectivity index (χ0) is 7.68. The van der Waals surface area contributed by atoms with E-state index in [1.54, 1.807) is 0 Å². The first-order valence-electron chi connectivity index (χ1n) is 3.82. The number of nitrogens with zero attached hydrogens (tertiary/aromatic N) is 1. The summed E-state index contributed by atoms with van der Waals surface area (Å²) in [6, 6.07) is 4.21. The second-order valence-corrected chi connectivity index (χ2v) is 2.61. The van der Waals surface area contributed by atoms with Crippen LogP contribution in [0.4, 0.5) is 0 Å². The van der Waals surface area contributed by atoms with Gasteiger partial charge < -0.3 is 4.98 Å². The number of aryl methyl sites for hydroxylation is 1.